The standard InChI is InChI=1S/C8H10N2OS/c1-6-3-4-7-8(5-6)10-12(2,11)9-7/h3-5H,2H2,1H3,(H2,9,10,11). The summed E-state index contributed by atoms with van der Waals surface area (Å²) < 4.78 is 17.0. The fourth-order valence-electron chi connectivity index (χ4n) is 1.21. The van der Waals surface area contributed by atoms with Crippen LogP contribution in [0.3, 0.4) is 0 Å². The maximum atomic E-state index is 11.4. The molecule has 1 atom stereocenters. The third kappa shape index (κ3) is 1.14. The van der Waals surface area contributed by atoms with Crippen LogP contribution in [0.4, 0.5) is 11.4 Å². The van der Waals surface area contributed by atoms with E-state index in [4.69, 9.17) is 0 Å². The highest BCUT2D eigenvalue weighted by atomic mass is 32.2. The summed E-state index contributed by atoms with van der Waals surface area (Å²) in [6.45, 7) is 1.99. The Morgan fingerprint density at radius 1 is 1.33 bits per heavy atom. The smallest absolute Gasteiger partial charge is 0.128 e. The molecule has 64 valence electrons. The van der Waals surface area contributed by atoms with Gasteiger partial charge >= 0.3 is 0 Å². The highest BCUT2D eigenvalue weighted by Crippen LogP contribution is 2.29. The van der Waals surface area contributed by atoms with Crippen molar-refractivity contribution in [2.24, 2.45) is 0 Å². The van der Waals surface area contributed by atoms with Crippen LogP contribution < -0.4 is 9.44 Å². The van der Waals surface area contributed by atoms with Crippen molar-refractivity contribution >= 4 is 27.1 Å². The molecule has 4 heteroatoms. The minimum absolute atomic E-state index is 0.862. The molecule has 1 heterocycles. The van der Waals surface area contributed by atoms with Gasteiger partial charge in [0.05, 0.1) is 11.4 Å². The summed E-state index contributed by atoms with van der Waals surface area (Å²) >= 11 is 0. The number of rotatable bonds is 0. The molecule has 1 aromatic rings. The molecule has 0 saturated heterocycles. The Bertz CT molecular complexity index is 423. The molecule has 0 aromatic heterocycles. The van der Waals surface area contributed by atoms with Gasteiger partial charge in [-0.05, 0) is 30.5 Å². The number of nitrogens with one attached hydrogen (secondary N) is 2. The summed E-state index contributed by atoms with van der Waals surface area (Å²) in [7, 11) is -2.32. The van der Waals surface area contributed by atoms with E-state index in [9.17, 15) is 4.21 Å². The Morgan fingerprint density at radius 2 is 2.00 bits per heavy atom. The summed E-state index contributed by atoms with van der Waals surface area (Å²) in [6.07, 6.45) is 0. The van der Waals surface area contributed by atoms with Gasteiger partial charge in [-0.25, -0.2) is 4.21 Å². The zero-order valence-corrected chi connectivity index (χ0v) is 7.57. The van der Waals surface area contributed by atoms with E-state index < -0.39 is 9.89 Å². The van der Waals surface area contributed by atoms with E-state index in [1.165, 1.54) is 0 Å². The highest BCUT2D eigenvalue weighted by molar-refractivity contribution is 8.03. The van der Waals surface area contributed by atoms with Gasteiger partial charge in [-0.3, -0.25) is 9.44 Å². The predicted molar refractivity (Wildman–Crippen MR) is 53.7 cm³/mol. The highest BCUT2D eigenvalue weighted by Gasteiger charge is 2.16. The molecule has 2 rings (SSSR count). The van der Waals surface area contributed by atoms with Gasteiger partial charge in [-0.15, -0.1) is 0 Å². The van der Waals surface area contributed by atoms with Gasteiger partial charge in [-0.2, -0.15) is 0 Å². The summed E-state index contributed by atoms with van der Waals surface area (Å²) in [5.41, 5.74) is 2.87. The molecule has 0 fully saturated rings. The van der Waals surface area contributed by atoms with E-state index >= 15 is 0 Å². The van der Waals surface area contributed by atoms with Gasteiger partial charge in [0.15, 0.2) is 0 Å². The van der Waals surface area contributed by atoms with Crippen LogP contribution in [-0.2, 0) is 9.89 Å². The molecule has 1 aliphatic heterocycles. The Kier molecular flexibility index (Phi) is 1.35. The normalized spacial score (nSPS) is 25.8. The summed E-state index contributed by atoms with van der Waals surface area (Å²) in [5, 5.41) is 0. The van der Waals surface area contributed by atoms with Crippen molar-refractivity contribution in [2.45, 2.75) is 6.92 Å². The second-order valence-corrected chi connectivity index (χ2v) is 4.69. The van der Waals surface area contributed by atoms with Crippen molar-refractivity contribution in [2.75, 3.05) is 9.44 Å². The lowest BCUT2D eigenvalue weighted by Crippen LogP contribution is -2.12. The zero-order chi connectivity index (χ0) is 8.77. The number of anilines is 2. The summed E-state index contributed by atoms with van der Waals surface area (Å²) in [5.74, 6) is 3.52. The lowest BCUT2D eigenvalue weighted by atomic mass is 10.2. The van der Waals surface area contributed by atoms with E-state index in [0.717, 1.165) is 16.9 Å². The van der Waals surface area contributed by atoms with Gasteiger partial charge in [0, 0.05) is 0 Å². The summed E-state index contributed by atoms with van der Waals surface area (Å²) in [6, 6.07) is 5.81. The number of hydrogen-bond donors (Lipinski definition) is 2. The Balaban J connectivity index is 2.56. The van der Waals surface area contributed by atoms with Crippen molar-refractivity contribution in [3.05, 3.63) is 23.8 Å². The van der Waals surface area contributed by atoms with Gasteiger partial charge in [0.2, 0.25) is 0 Å². The van der Waals surface area contributed by atoms with Crippen LogP contribution >= 0.6 is 0 Å². The first-order valence-corrected chi connectivity index (χ1v) is 5.33. The minimum Gasteiger partial charge on any atom is -0.295 e. The van der Waals surface area contributed by atoms with E-state index in [1.807, 2.05) is 25.1 Å². The Morgan fingerprint density at radius 3 is 2.75 bits per heavy atom. The first-order valence-electron chi connectivity index (χ1n) is 3.60. The van der Waals surface area contributed by atoms with Crippen LogP contribution in [0.1, 0.15) is 5.56 Å². The number of aryl methyl sites for hydroxylation is 1. The van der Waals surface area contributed by atoms with Crippen molar-refractivity contribution in [3.8, 4) is 0 Å². The van der Waals surface area contributed by atoms with Crippen LogP contribution in [0.25, 0.3) is 0 Å². The summed E-state index contributed by atoms with van der Waals surface area (Å²) in [4.78, 5) is 0. The Hall–Kier alpha value is -1.16. The molecule has 1 aliphatic rings. The van der Waals surface area contributed by atoms with Gasteiger partial charge in [0.1, 0.15) is 9.89 Å². The monoisotopic (exact) mass is 182 g/mol. The SMILES string of the molecule is C=S1(=O)Nc2ccc(C)cc2N1. The first-order chi connectivity index (χ1) is 5.57. The average Bonchev–Trinajstić information content (AvgIpc) is 2.21. The number of hydrogen-bond acceptors (Lipinski definition) is 1. The molecule has 0 radical (unpaired) electrons. The van der Waals surface area contributed by atoms with E-state index in [0.29, 0.717) is 0 Å². The quantitative estimate of drug-likeness (QED) is 0.585. The Labute approximate surface area is 72.1 Å². The maximum Gasteiger partial charge on any atom is 0.128 e. The van der Waals surface area contributed by atoms with Crippen molar-refractivity contribution in [1.82, 2.24) is 0 Å². The molecule has 3 nitrogen and oxygen atoms in total. The topological polar surface area (TPSA) is 41.1 Å². The fourth-order valence-corrected chi connectivity index (χ4v) is 2.32. The molecule has 0 saturated carbocycles. The predicted octanol–water partition coefficient (Wildman–Crippen LogP) is 1.38. The third-order valence-electron chi connectivity index (χ3n) is 1.72. The largest absolute Gasteiger partial charge is 0.295 e. The van der Waals surface area contributed by atoms with Crippen LogP contribution in [0, 0.1) is 6.92 Å². The number of fused-ring (bicyclic) bond motifs is 1. The minimum atomic E-state index is -2.32. The zero-order valence-electron chi connectivity index (χ0n) is 6.76. The molecule has 0 bridgehead atoms. The lowest BCUT2D eigenvalue weighted by Gasteiger charge is -1.98. The third-order valence-corrected chi connectivity index (χ3v) is 2.82. The average molecular weight is 182 g/mol. The first kappa shape index (κ1) is 7.49. The van der Waals surface area contributed by atoms with E-state index in [2.05, 4.69) is 15.3 Å². The maximum absolute atomic E-state index is 11.4. The second-order valence-electron chi connectivity index (χ2n) is 2.93. The molecular weight excluding hydrogens is 172 g/mol. The van der Waals surface area contributed by atoms with Gasteiger partial charge in [0.25, 0.3) is 0 Å². The fraction of sp³-hybridized carbons (Fsp3) is 0.125. The molecule has 2 N–H and O–H groups in total. The molecule has 0 spiro atoms. The van der Waals surface area contributed by atoms with Gasteiger partial charge in [-0.1, -0.05) is 6.07 Å². The van der Waals surface area contributed by atoms with Gasteiger partial charge < -0.3 is 0 Å². The van der Waals surface area contributed by atoms with Crippen LogP contribution in [0.15, 0.2) is 18.2 Å². The lowest BCUT2D eigenvalue weighted by molar-refractivity contribution is 0.688. The van der Waals surface area contributed by atoms with Crippen molar-refractivity contribution < 1.29 is 4.21 Å². The molecule has 0 amide bonds. The van der Waals surface area contributed by atoms with Crippen molar-refractivity contribution in [1.29, 1.82) is 0 Å². The van der Waals surface area contributed by atoms with Crippen molar-refractivity contribution in [3.63, 3.8) is 0 Å². The molecule has 12 heavy (non-hydrogen) atoms. The molecule has 1 unspecified atom stereocenters. The molecule has 1 aromatic carbocycles. The van der Waals surface area contributed by atoms with E-state index in [-0.39, 0.29) is 0 Å². The van der Waals surface area contributed by atoms with Crippen LogP contribution in [0.5, 0.6) is 0 Å². The molecule has 0 aliphatic carbocycles. The second kappa shape index (κ2) is 2.17. The van der Waals surface area contributed by atoms with Crippen LogP contribution in [0.2, 0.25) is 0 Å². The molecular formula is C8H10N2OS. The van der Waals surface area contributed by atoms with E-state index in [1.54, 1.807) is 0 Å². The van der Waals surface area contributed by atoms with Crippen LogP contribution in [-0.4, -0.2) is 10.1 Å². The number of benzene rings is 1.